The Kier molecular flexibility index (Phi) is 5.61. The van der Waals surface area contributed by atoms with Crippen molar-refractivity contribution >= 4 is 22.5 Å². The maximum atomic E-state index is 12.9. The van der Waals surface area contributed by atoms with Crippen LogP contribution in [0.25, 0.3) is 10.8 Å². The number of carbonyl (C=O) groups is 2. The van der Waals surface area contributed by atoms with Crippen LogP contribution in [0.2, 0.25) is 0 Å². The number of nitrogens with zero attached hydrogens (tertiary/aromatic N) is 1. The minimum atomic E-state index is -0.588. The first-order chi connectivity index (χ1) is 13.0. The number of ketones is 1. The number of benzene rings is 2. The van der Waals surface area contributed by atoms with Crippen LogP contribution >= 0.6 is 0 Å². The van der Waals surface area contributed by atoms with E-state index in [-0.39, 0.29) is 17.3 Å². The van der Waals surface area contributed by atoms with Gasteiger partial charge in [0.15, 0.2) is 11.5 Å². The van der Waals surface area contributed by atoms with Crippen molar-refractivity contribution < 1.29 is 19.4 Å². The smallest absolute Gasteiger partial charge is 0.290 e. The van der Waals surface area contributed by atoms with E-state index < -0.39 is 17.7 Å². The van der Waals surface area contributed by atoms with Crippen molar-refractivity contribution in [1.82, 2.24) is 4.90 Å². The summed E-state index contributed by atoms with van der Waals surface area (Å²) < 4.78 is 5.11. The van der Waals surface area contributed by atoms with Gasteiger partial charge in [0.05, 0.1) is 11.6 Å². The summed E-state index contributed by atoms with van der Waals surface area (Å²) >= 11 is 0. The van der Waals surface area contributed by atoms with E-state index in [1.165, 1.54) is 0 Å². The summed E-state index contributed by atoms with van der Waals surface area (Å²) in [4.78, 5) is 27.2. The molecule has 142 valence electrons. The minimum absolute atomic E-state index is 0.198. The summed E-state index contributed by atoms with van der Waals surface area (Å²) in [6.45, 7) is 4.46. The summed E-state index contributed by atoms with van der Waals surface area (Å²) in [6, 6.07) is 13.1. The van der Waals surface area contributed by atoms with Crippen LogP contribution in [0.5, 0.6) is 0 Å². The zero-order valence-corrected chi connectivity index (χ0v) is 15.9. The van der Waals surface area contributed by atoms with Gasteiger partial charge in [-0.1, -0.05) is 56.3 Å². The lowest BCUT2D eigenvalue weighted by Crippen LogP contribution is -2.33. The van der Waals surface area contributed by atoms with Gasteiger partial charge in [0.1, 0.15) is 0 Å². The molecule has 1 aliphatic rings. The molecule has 0 bridgehead atoms. The molecule has 1 amide bonds. The summed E-state index contributed by atoms with van der Waals surface area (Å²) in [5.41, 5.74) is 1.05. The highest BCUT2D eigenvalue weighted by molar-refractivity contribution is 6.10. The maximum Gasteiger partial charge on any atom is 0.290 e. The Labute approximate surface area is 159 Å². The number of carbonyl (C=O) groups excluding carboxylic acids is 2. The number of aliphatic hydroxyl groups excluding tert-OH is 1. The molecule has 0 radical (unpaired) electrons. The second-order valence-corrected chi connectivity index (χ2v) is 7.10. The number of amides is 1. The maximum absolute atomic E-state index is 12.9. The molecule has 1 aliphatic heterocycles. The average molecular weight is 367 g/mol. The first kappa shape index (κ1) is 19.1. The zero-order valence-electron chi connectivity index (χ0n) is 15.9. The van der Waals surface area contributed by atoms with E-state index >= 15 is 0 Å². The fourth-order valence-corrected chi connectivity index (χ4v) is 3.64. The van der Waals surface area contributed by atoms with Gasteiger partial charge in [-0.05, 0) is 22.8 Å². The van der Waals surface area contributed by atoms with Crippen LogP contribution in [0.3, 0.4) is 0 Å². The fraction of sp³-hybridized carbons (Fsp3) is 0.364. The molecule has 1 unspecified atom stereocenters. The van der Waals surface area contributed by atoms with Gasteiger partial charge >= 0.3 is 0 Å². The van der Waals surface area contributed by atoms with Crippen LogP contribution in [0.15, 0.2) is 53.8 Å². The first-order valence-corrected chi connectivity index (χ1v) is 9.22. The summed E-state index contributed by atoms with van der Waals surface area (Å²) in [5.74, 6) is -1.43. The van der Waals surface area contributed by atoms with Gasteiger partial charge in [-0.2, -0.15) is 0 Å². The van der Waals surface area contributed by atoms with Crippen molar-refractivity contribution in [2.75, 3.05) is 20.3 Å². The summed E-state index contributed by atoms with van der Waals surface area (Å²) in [7, 11) is 1.61. The van der Waals surface area contributed by atoms with Crippen molar-refractivity contribution in [3.05, 3.63) is 59.4 Å². The summed E-state index contributed by atoms with van der Waals surface area (Å²) in [6.07, 6.45) is 0.625. The molecule has 1 N–H and O–H groups in total. The molecule has 0 spiro atoms. The highest BCUT2D eigenvalue weighted by Gasteiger charge is 2.44. The minimum Gasteiger partial charge on any atom is -0.503 e. The number of rotatable bonds is 7. The monoisotopic (exact) mass is 367 g/mol. The number of methoxy groups -OCH3 is 1. The molecular formula is C22H25NO4. The topological polar surface area (TPSA) is 66.8 Å². The highest BCUT2D eigenvalue weighted by atomic mass is 16.5. The van der Waals surface area contributed by atoms with Crippen LogP contribution < -0.4 is 0 Å². The predicted molar refractivity (Wildman–Crippen MR) is 104 cm³/mol. The lowest BCUT2D eigenvalue weighted by Gasteiger charge is -2.28. The van der Waals surface area contributed by atoms with Gasteiger partial charge in [-0.25, -0.2) is 0 Å². The highest BCUT2D eigenvalue weighted by Crippen LogP contribution is 2.41. The van der Waals surface area contributed by atoms with Crippen molar-refractivity contribution in [1.29, 1.82) is 0 Å². The molecule has 5 heteroatoms. The molecule has 3 rings (SSSR count). The van der Waals surface area contributed by atoms with Crippen molar-refractivity contribution in [3.63, 3.8) is 0 Å². The third kappa shape index (κ3) is 3.47. The fourth-order valence-electron chi connectivity index (χ4n) is 3.64. The van der Waals surface area contributed by atoms with E-state index in [4.69, 9.17) is 4.74 Å². The second-order valence-electron chi connectivity index (χ2n) is 7.10. The van der Waals surface area contributed by atoms with Crippen LogP contribution in [-0.4, -0.2) is 42.0 Å². The number of Topliss-reactive ketones (excluding diaryl/α,β-unsaturated/α-hetero) is 1. The number of aliphatic hydroxyl groups is 1. The second kappa shape index (κ2) is 7.92. The van der Waals surface area contributed by atoms with Crippen LogP contribution in [0, 0.1) is 5.92 Å². The molecule has 0 aliphatic carbocycles. The number of fused-ring (bicyclic) bond motifs is 1. The Hall–Kier alpha value is -2.66. The zero-order chi connectivity index (χ0) is 19.6. The predicted octanol–water partition coefficient (Wildman–Crippen LogP) is 3.80. The van der Waals surface area contributed by atoms with Gasteiger partial charge in [-0.15, -0.1) is 0 Å². The quantitative estimate of drug-likeness (QED) is 0.756. The largest absolute Gasteiger partial charge is 0.503 e. The number of hydrogen-bond donors (Lipinski definition) is 1. The van der Waals surface area contributed by atoms with E-state index in [0.29, 0.717) is 19.6 Å². The van der Waals surface area contributed by atoms with E-state index in [9.17, 15) is 14.7 Å². The van der Waals surface area contributed by atoms with E-state index in [1.54, 1.807) is 25.9 Å². The molecule has 0 saturated heterocycles. The van der Waals surface area contributed by atoms with Gasteiger partial charge < -0.3 is 14.7 Å². The van der Waals surface area contributed by atoms with E-state index in [2.05, 4.69) is 0 Å². The molecule has 27 heavy (non-hydrogen) atoms. The Bertz CT molecular complexity index is 895. The van der Waals surface area contributed by atoms with Gasteiger partial charge in [0, 0.05) is 26.2 Å². The Morgan fingerprint density at radius 3 is 2.59 bits per heavy atom. The molecule has 1 atom stereocenters. The molecule has 2 aromatic carbocycles. The number of hydrogen-bond acceptors (Lipinski definition) is 4. The van der Waals surface area contributed by atoms with E-state index in [1.807, 2.05) is 42.5 Å². The lowest BCUT2D eigenvalue weighted by atomic mass is 9.89. The third-order valence-corrected chi connectivity index (χ3v) is 4.96. The average Bonchev–Trinajstić information content (AvgIpc) is 2.91. The molecule has 0 saturated carbocycles. The molecule has 5 nitrogen and oxygen atoms in total. The Balaban J connectivity index is 2.15. The lowest BCUT2D eigenvalue weighted by molar-refractivity contribution is -0.129. The number of ether oxygens (including phenoxy) is 1. The van der Waals surface area contributed by atoms with Crippen molar-refractivity contribution in [2.45, 2.75) is 26.3 Å². The molecule has 0 aromatic heterocycles. The van der Waals surface area contributed by atoms with Crippen molar-refractivity contribution in [2.24, 2.45) is 5.92 Å². The molecule has 0 fully saturated rings. The Morgan fingerprint density at radius 1 is 1.19 bits per heavy atom. The van der Waals surface area contributed by atoms with E-state index in [0.717, 1.165) is 16.3 Å². The molecule has 2 aromatic rings. The van der Waals surface area contributed by atoms with Crippen molar-refractivity contribution in [3.8, 4) is 0 Å². The van der Waals surface area contributed by atoms with Crippen LogP contribution in [-0.2, 0) is 14.3 Å². The normalized spacial score (nSPS) is 17.4. The van der Waals surface area contributed by atoms with Crippen LogP contribution in [0.1, 0.15) is 31.9 Å². The standard InChI is InChI=1S/C22H25NO4/c1-14(2)20(24)18-19(23(12-7-13-27-3)22(26)21(18)25)17-11-6-9-15-8-4-5-10-16(15)17/h4-6,8-11,14,19,25H,7,12-13H2,1-3H3. The summed E-state index contributed by atoms with van der Waals surface area (Å²) in [5, 5.41) is 12.5. The van der Waals surface area contributed by atoms with Gasteiger partial charge in [0.25, 0.3) is 5.91 Å². The van der Waals surface area contributed by atoms with Crippen LogP contribution in [0.4, 0.5) is 0 Å². The van der Waals surface area contributed by atoms with Gasteiger partial charge in [-0.3, -0.25) is 9.59 Å². The molecule has 1 heterocycles. The third-order valence-electron chi connectivity index (χ3n) is 4.96. The Morgan fingerprint density at radius 2 is 1.89 bits per heavy atom. The van der Waals surface area contributed by atoms with Gasteiger partial charge in [0.2, 0.25) is 0 Å². The SMILES string of the molecule is COCCCN1C(=O)C(O)=C(C(=O)C(C)C)C1c1cccc2ccccc12. The molecular weight excluding hydrogens is 342 g/mol. The first-order valence-electron chi connectivity index (χ1n) is 9.22.